The van der Waals surface area contributed by atoms with Crippen LogP contribution in [0.5, 0.6) is 0 Å². The van der Waals surface area contributed by atoms with Gasteiger partial charge in [-0.05, 0) is 25.7 Å². The van der Waals surface area contributed by atoms with Gasteiger partial charge >= 0.3 is 5.97 Å². The summed E-state index contributed by atoms with van der Waals surface area (Å²) in [6.45, 7) is 2.55. The van der Waals surface area contributed by atoms with Crippen molar-refractivity contribution in [3.8, 4) is 0 Å². The first-order chi connectivity index (χ1) is 7.07. The fourth-order valence-electron chi connectivity index (χ4n) is 1.16. The number of hydrogen-bond donors (Lipinski definition) is 3. The van der Waals surface area contributed by atoms with Crippen molar-refractivity contribution in [2.45, 2.75) is 45.1 Å². The molecule has 0 unspecified atom stereocenters. The van der Waals surface area contributed by atoms with E-state index in [1.807, 2.05) is 6.92 Å². The molecule has 0 aliphatic rings. The van der Waals surface area contributed by atoms with E-state index >= 15 is 0 Å². The molecule has 15 heavy (non-hydrogen) atoms. The first-order valence-corrected chi connectivity index (χ1v) is 5.33. The minimum atomic E-state index is -0.968. The average molecular weight is 216 g/mol. The lowest BCUT2D eigenvalue weighted by molar-refractivity contribution is -0.138. The Morgan fingerprint density at radius 1 is 1.40 bits per heavy atom. The molecule has 0 bridgehead atoms. The predicted octanol–water partition coefficient (Wildman–Crippen LogP) is 0.485. The average Bonchev–Trinajstić information content (AvgIpc) is 2.17. The standard InChI is InChI=1S/C10H20N2O3/c1-2-5-9(13)12-7-4-3-6-8(11)10(14)15/h8H,2-7,11H2,1H3,(H,12,13)(H,14,15)/t8-/m0/s1. The van der Waals surface area contributed by atoms with E-state index in [4.69, 9.17) is 10.8 Å². The van der Waals surface area contributed by atoms with Crippen LogP contribution in [0.3, 0.4) is 0 Å². The molecule has 4 N–H and O–H groups in total. The molecule has 0 saturated heterocycles. The molecular weight excluding hydrogens is 196 g/mol. The number of carboxylic acids is 1. The van der Waals surface area contributed by atoms with Crippen molar-refractivity contribution >= 4 is 11.9 Å². The normalized spacial score (nSPS) is 12.1. The molecule has 5 nitrogen and oxygen atoms in total. The van der Waals surface area contributed by atoms with E-state index in [2.05, 4.69) is 5.32 Å². The fourth-order valence-corrected chi connectivity index (χ4v) is 1.16. The van der Waals surface area contributed by atoms with Crippen molar-refractivity contribution in [3.63, 3.8) is 0 Å². The lowest BCUT2D eigenvalue weighted by Gasteiger charge is -2.06. The topological polar surface area (TPSA) is 92.4 Å². The van der Waals surface area contributed by atoms with Gasteiger partial charge in [0, 0.05) is 13.0 Å². The maximum absolute atomic E-state index is 11.0. The predicted molar refractivity (Wildman–Crippen MR) is 57.4 cm³/mol. The molecule has 88 valence electrons. The fraction of sp³-hybridized carbons (Fsp3) is 0.800. The van der Waals surface area contributed by atoms with Crippen LogP contribution in [-0.2, 0) is 9.59 Å². The summed E-state index contributed by atoms with van der Waals surface area (Å²) in [5.74, 6) is -0.912. The van der Waals surface area contributed by atoms with Gasteiger partial charge in [-0.1, -0.05) is 6.92 Å². The molecule has 0 saturated carbocycles. The van der Waals surface area contributed by atoms with Crippen molar-refractivity contribution in [2.24, 2.45) is 5.73 Å². The Bertz CT molecular complexity index is 207. The molecule has 1 atom stereocenters. The zero-order chi connectivity index (χ0) is 11.7. The molecule has 0 aromatic heterocycles. The van der Waals surface area contributed by atoms with Crippen molar-refractivity contribution in [3.05, 3.63) is 0 Å². The molecule has 1 amide bonds. The van der Waals surface area contributed by atoms with Crippen LogP contribution in [0.2, 0.25) is 0 Å². The molecule has 0 aliphatic heterocycles. The monoisotopic (exact) mass is 216 g/mol. The van der Waals surface area contributed by atoms with E-state index in [1.165, 1.54) is 0 Å². The summed E-state index contributed by atoms with van der Waals surface area (Å²) in [6, 6.07) is -0.781. The summed E-state index contributed by atoms with van der Waals surface area (Å²) in [5.41, 5.74) is 5.32. The Balaban J connectivity index is 3.32. The Kier molecular flexibility index (Phi) is 7.62. The van der Waals surface area contributed by atoms with Crippen LogP contribution in [0.1, 0.15) is 39.0 Å². The summed E-state index contributed by atoms with van der Waals surface area (Å²) in [7, 11) is 0. The largest absolute Gasteiger partial charge is 0.480 e. The van der Waals surface area contributed by atoms with Gasteiger partial charge < -0.3 is 16.2 Å². The second-order valence-electron chi connectivity index (χ2n) is 3.54. The van der Waals surface area contributed by atoms with E-state index in [9.17, 15) is 9.59 Å². The molecule has 0 heterocycles. The van der Waals surface area contributed by atoms with Crippen molar-refractivity contribution in [2.75, 3.05) is 6.54 Å². The summed E-state index contributed by atoms with van der Waals surface area (Å²) < 4.78 is 0. The summed E-state index contributed by atoms with van der Waals surface area (Å²) in [4.78, 5) is 21.4. The Morgan fingerprint density at radius 2 is 2.07 bits per heavy atom. The number of nitrogens with one attached hydrogen (secondary N) is 1. The van der Waals surface area contributed by atoms with Gasteiger partial charge in [-0.25, -0.2) is 0 Å². The highest BCUT2D eigenvalue weighted by Crippen LogP contribution is 1.98. The summed E-state index contributed by atoms with van der Waals surface area (Å²) >= 11 is 0. The van der Waals surface area contributed by atoms with E-state index < -0.39 is 12.0 Å². The van der Waals surface area contributed by atoms with Crippen LogP contribution >= 0.6 is 0 Å². The van der Waals surface area contributed by atoms with Crippen molar-refractivity contribution < 1.29 is 14.7 Å². The van der Waals surface area contributed by atoms with Gasteiger partial charge in [-0.2, -0.15) is 0 Å². The lowest BCUT2D eigenvalue weighted by Crippen LogP contribution is -2.30. The third-order valence-corrected chi connectivity index (χ3v) is 2.06. The maximum atomic E-state index is 11.0. The molecule has 0 spiro atoms. The number of unbranched alkanes of at least 4 members (excludes halogenated alkanes) is 1. The van der Waals surface area contributed by atoms with Crippen LogP contribution in [0.15, 0.2) is 0 Å². The lowest BCUT2D eigenvalue weighted by atomic mass is 10.1. The van der Waals surface area contributed by atoms with E-state index in [-0.39, 0.29) is 5.91 Å². The van der Waals surface area contributed by atoms with E-state index in [0.717, 1.165) is 19.3 Å². The molecule has 0 rings (SSSR count). The second kappa shape index (κ2) is 8.23. The number of amides is 1. The van der Waals surface area contributed by atoms with Gasteiger partial charge in [-0.15, -0.1) is 0 Å². The summed E-state index contributed by atoms with van der Waals surface area (Å²) in [6.07, 6.45) is 3.35. The third kappa shape index (κ3) is 7.93. The number of hydrogen-bond acceptors (Lipinski definition) is 3. The van der Waals surface area contributed by atoms with Gasteiger partial charge in [0.25, 0.3) is 0 Å². The maximum Gasteiger partial charge on any atom is 0.320 e. The number of nitrogens with two attached hydrogens (primary N) is 1. The number of carbonyl (C=O) groups is 2. The van der Waals surface area contributed by atoms with Crippen LogP contribution in [-0.4, -0.2) is 29.6 Å². The van der Waals surface area contributed by atoms with E-state index in [1.54, 1.807) is 0 Å². The Morgan fingerprint density at radius 3 is 2.60 bits per heavy atom. The van der Waals surface area contributed by atoms with E-state index in [0.29, 0.717) is 19.4 Å². The number of carboxylic acid groups (broad SMARTS) is 1. The summed E-state index contributed by atoms with van der Waals surface area (Å²) in [5, 5.41) is 11.3. The molecule has 0 aromatic rings. The van der Waals surface area contributed by atoms with Gasteiger partial charge in [0.05, 0.1) is 0 Å². The molecule has 0 radical (unpaired) electrons. The zero-order valence-electron chi connectivity index (χ0n) is 9.16. The van der Waals surface area contributed by atoms with Crippen molar-refractivity contribution in [1.82, 2.24) is 5.32 Å². The highest BCUT2D eigenvalue weighted by Gasteiger charge is 2.09. The number of carbonyl (C=O) groups excluding carboxylic acids is 1. The van der Waals surface area contributed by atoms with Crippen LogP contribution in [0, 0.1) is 0 Å². The molecule has 0 aromatic carbocycles. The first-order valence-electron chi connectivity index (χ1n) is 5.33. The highest BCUT2D eigenvalue weighted by atomic mass is 16.4. The Labute approximate surface area is 90.0 Å². The zero-order valence-corrected chi connectivity index (χ0v) is 9.16. The van der Waals surface area contributed by atoms with Gasteiger partial charge in [0.1, 0.15) is 6.04 Å². The van der Waals surface area contributed by atoms with Crippen LogP contribution < -0.4 is 11.1 Å². The Hall–Kier alpha value is -1.10. The van der Waals surface area contributed by atoms with Gasteiger partial charge in [-0.3, -0.25) is 9.59 Å². The quantitative estimate of drug-likeness (QED) is 0.515. The van der Waals surface area contributed by atoms with Crippen LogP contribution in [0.25, 0.3) is 0 Å². The molecule has 0 aliphatic carbocycles. The molecule has 5 heteroatoms. The minimum Gasteiger partial charge on any atom is -0.480 e. The second-order valence-corrected chi connectivity index (χ2v) is 3.54. The van der Waals surface area contributed by atoms with Crippen molar-refractivity contribution in [1.29, 1.82) is 0 Å². The number of aliphatic carboxylic acids is 1. The van der Waals surface area contributed by atoms with Gasteiger partial charge in [0.15, 0.2) is 0 Å². The molecule has 0 fully saturated rings. The minimum absolute atomic E-state index is 0.0556. The smallest absolute Gasteiger partial charge is 0.320 e. The van der Waals surface area contributed by atoms with Crippen LogP contribution in [0.4, 0.5) is 0 Å². The van der Waals surface area contributed by atoms with Gasteiger partial charge in [0.2, 0.25) is 5.91 Å². The number of rotatable bonds is 8. The highest BCUT2D eigenvalue weighted by molar-refractivity contribution is 5.75. The SMILES string of the molecule is CCCC(=O)NCCCC[C@H](N)C(=O)O. The third-order valence-electron chi connectivity index (χ3n) is 2.06. The first kappa shape index (κ1) is 13.9. The molecular formula is C10H20N2O3.